The average Bonchev–Trinajstić information content (AvgIpc) is 3.22. The number of benzene rings is 1. The van der Waals surface area contributed by atoms with Crippen LogP contribution in [0.5, 0.6) is 11.5 Å². The van der Waals surface area contributed by atoms with E-state index in [1.54, 1.807) is 0 Å². The number of nitrogens with two attached hydrogens (primary N) is 1. The fourth-order valence-electron chi connectivity index (χ4n) is 1.86. The minimum absolute atomic E-state index is 0.205. The van der Waals surface area contributed by atoms with Crippen LogP contribution in [0.4, 0.5) is 0 Å². The Morgan fingerprint density at radius 3 is 2.80 bits per heavy atom. The lowest BCUT2D eigenvalue weighted by Crippen LogP contribution is -2.16. The summed E-state index contributed by atoms with van der Waals surface area (Å²) in [7, 11) is 0. The Bertz CT molecular complexity index is 458. The topological polar surface area (TPSA) is 73.6 Å². The van der Waals surface area contributed by atoms with E-state index in [1.165, 1.54) is 18.4 Å². The van der Waals surface area contributed by atoms with Crippen molar-refractivity contribution in [1.82, 2.24) is 5.32 Å². The Morgan fingerprint density at radius 1 is 1.35 bits per heavy atom. The van der Waals surface area contributed by atoms with Crippen molar-refractivity contribution in [3.8, 4) is 11.5 Å². The predicted molar refractivity (Wildman–Crippen MR) is 76.8 cm³/mol. The molecule has 20 heavy (non-hydrogen) atoms. The standard InChI is InChI=1S/C15H22N2O3/c1-2-19-14-9-11(10-17-12-4-5-12)3-6-13(14)20-8-7-15(16)18/h3,6,9,12,17H,2,4-5,7-8,10H2,1H3,(H2,16,18). The molecule has 0 radical (unpaired) electrons. The van der Waals surface area contributed by atoms with Crippen molar-refractivity contribution in [2.75, 3.05) is 13.2 Å². The van der Waals surface area contributed by atoms with Crippen LogP contribution in [-0.2, 0) is 11.3 Å². The van der Waals surface area contributed by atoms with Crippen LogP contribution in [0, 0.1) is 0 Å². The van der Waals surface area contributed by atoms with E-state index < -0.39 is 0 Å². The normalized spacial score (nSPS) is 14.1. The highest BCUT2D eigenvalue weighted by molar-refractivity contribution is 5.73. The maximum absolute atomic E-state index is 10.7. The number of carbonyl (C=O) groups excluding carboxylic acids is 1. The molecule has 0 aromatic heterocycles. The van der Waals surface area contributed by atoms with Crippen molar-refractivity contribution in [2.24, 2.45) is 5.73 Å². The quantitative estimate of drug-likeness (QED) is 0.719. The van der Waals surface area contributed by atoms with Gasteiger partial charge in [0.2, 0.25) is 5.91 Å². The minimum Gasteiger partial charge on any atom is -0.490 e. The molecular formula is C15H22N2O3. The van der Waals surface area contributed by atoms with Crippen LogP contribution in [0.2, 0.25) is 0 Å². The molecule has 1 aliphatic rings. The van der Waals surface area contributed by atoms with Gasteiger partial charge >= 0.3 is 0 Å². The zero-order chi connectivity index (χ0) is 14.4. The Balaban J connectivity index is 1.95. The fraction of sp³-hybridized carbons (Fsp3) is 0.533. The molecule has 1 amide bonds. The van der Waals surface area contributed by atoms with Crippen LogP contribution < -0.4 is 20.5 Å². The first kappa shape index (κ1) is 14.7. The van der Waals surface area contributed by atoms with Gasteiger partial charge in [0, 0.05) is 12.6 Å². The van der Waals surface area contributed by atoms with E-state index in [1.807, 2.05) is 25.1 Å². The molecule has 5 heteroatoms. The third-order valence-electron chi connectivity index (χ3n) is 3.09. The first-order valence-electron chi connectivity index (χ1n) is 7.09. The largest absolute Gasteiger partial charge is 0.490 e. The second kappa shape index (κ2) is 7.14. The van der Waals surface area contributed by atoms with E-state index in [0.717, 1.165) is 6.54 Å². The monoisotopic (exact) mass is 278 g/mol. The van der Waals surface area contributed by atoms with Crippen LogP contribution in [-0.4, -0.2) is 25.2 Å². The van der Waals surface area contributed by atoms with Crippen LogP contribution in [0.25, 0.3) is 0 Å². The van der Waals surface area contributed by atoms with E-state index in [2.05, 4.69) is 5.32 Å². The molecule has 0 aliphatic heterocycles. The molecule has 0 atom stereocenters. The van der Waals surface area contributed by atoms with Gasteiger partial charge in [0.25, 0.3) is 0 Å². The number of nitrogens with one attached hydrogen (secondary N) is 1. The lowest BCUT2D eigenvalue weighted by atomic mass is 10.2. The van der Waals surface area contributed by atoms with Gasteiger partial charge in [-0.1, -0.05) is 6.07 Å². The second-order valence-corrected chi connectivity index (χ2v) is 4.93. The van der Waals surface area contributed by atoms with Crippen molar-refractivity contribution >= 4 is 5.91 Å². The number of primary amides is 1. The summed E-state index contributed by atoms with van der Waals surface area (Å²) in [5.74, 6) is 1.00. The summed E-state index contributed by atoms with van der Waals surface area (Å²) < 4.78 is 11.1. The second-order valence-electron chi connectivity index (χ2n) is 4.93. The molecule has 0 bridgehead atoms. The lowest BCUT2D eigenvalue weighted by molar-refractivity contribution is -0.118. The van der Waals surface area contributed by atoms with E-state index in [0.29, 0.717) is 24.1 Å². The van der Waals surface area contributed by atoms with Gasteiger partial charge in [-0.05, 0) is 37.5 Å². The number of amides is 1. The molecule has 5 nitrogen and oxygen atoms in total. The molecule has 2 rings (SSSR count). The summed E-state index contributed by atoms with van der Waals surface area (Å²) in [5, 5.41) is 3.46. The molecule has 1 saturated carbocycles. The highest BCUT2D eigenvalue weighted by atomic mass is 16.5. The molecule has 0 saturated heterocycles. The summed E-state index contributed by atoms with van der Waals surface area (Å²) >= 11 is 0. The van der Waals surface area contributed by atoms with Crippen molar-refractivity contribution < 1.29 is 14.3 Å². The van der Waals surface area contributed by atoms with Crippen molar-refractivity contribution in [3.63, 3.8) is 0 Å². The predicted octanol–water partition coefficient (Wildman–Crippen LogP) is 1.59. The molecule has 1 aromatic carbocycles. The van der Waals surface area contributed by atoms with Gasteiger partial charge in [-0.15, -0.1) is 0 Å². The maximum Gasteiger partial charge on any atom is 0.220 e. The number of carbonyl (C=O) groups is 1. The van der Waals surface area contributed by atoms with E-state index in [9.17, 15) is 4.79 Å². The molecule has 0 spiro atoms. The average molecular weight is 278 g/mol. The van der Waals surface area contributed by atoms with Crippen LogP contribution >= 0.6 is 0 Å². The van der Waals surface area contributed by atoms with Gasteiger partial charge < -0.3 is 20.5 Å². The minimum atomic E-state index is -0.367. The van der Waals surface area contributed by atoms with Gasteiger partial charge in [0.05, 0.1) is 19.6 Å². The molecule has 1 aliphatic carbocycles. The summed E-state index contributed by atoms with van der Waals surface area (Å²) in [6.07, 6.45) is 2.75. The van der Waals surface area contributed by atoms with Crippen LogP contribution in [0.1, 0.15) is 31.7 Å². The Morgan fingerprint density at radius 2 is 2.15 bits per heavy atom. The van der Waals surface area contributed by atoms with Crippen molar-refractivity contribution in [1.29, 1.82) is 0 Å². The summed E-state index contributed by atoms with van der Waals surface area (Å²) in [5.41, 5.74) is 6.26. The summed E-state index contributed by atoms with van der Waals surface area (Å²) in [6, 6.07) is 6.56. The highest BCUT2D eigenvalue weighted by Gasteiger charge is 2.20. The van der Waals surface area contributed by atoms with Gasteiger partial charge in [0.15, 0.2) is 11.5 Å². The van der Waals surface area contributed by atoms with Gasteiger partial charge in [-0.2, -0.15) is 0 Å². The van der Waals surface area contributed by atoms with E-state index in [-0.39, 0.29) is 18.9 Å². The van der Waals surface area contributed by atoms with E-state index >= 15 is 0 Å². The third kappa shape index (κ3) is 4.74. The van der Waals surface area contributed by atoms with Crippen LogP contribution in [0.3, 0.4) is 0 Å². The molecule has 3 N–H and O–H groups in total. The third-order valence-corrected chi connectivity index (χ3v) is 3.09. The Kier molecular flexibility index (Phi) is 5.24. The lowest BCUT2D eigenvalue weighted by Gasteiger charge is -2.13. The van der Waals surface area contributed by atoms with Gasteiger partial charge in [0.1, 0.15) is 0 Å². The Labute approximate surface area is 119 Å². The maximum atomic E-state index is 10.7. The summed E-state index contributed by atoms with van der Waals surface area (Å²) in [4.78, 5) is 10.7. The summed E-state index contributed by atoms with van der Waals surface area (Å²) in [6.45, 7) is 3.62. The molecule has 110 valence electrons. The number of hydrogen-bond donors (Lipinski definition) is 2. The van der Waals surface area contributed by atoms with Crippen LogP contribution in [0.15, 0.2) is 18.2 Å². The number of hydrogen-bond acceptors (Lipinski definition) is 4. The SMILES string of the molecule is CCOc1cc(CNC2CC2)ccc1OCCC(N)=O. The number of rotatable bonds is 9. The molecule has 1 aromatic rings. The first-order chi connectivity index (χ1) is 9.69. The molecule has 0 heterocycles. The molecular weight excluding hydrogens is 256 g/mol. The zero-order valence-electron chi connectivity index (χ0n) is 11.9. The molecule has 1 fully saturated rings. The first-order valence-corrected chi connectivity index (χ1v) is 7.09. The zero-order valence-corrected chi connectivity index (χ0v) is 11.9. The van der Waals surface area contributed by atoms with Gasteiger partial charge in [-0.25, -0.2) is 0 Å². The fourth-order valence-corrected chi connectivity index (χ4v) is 1.86. The van der Waals surface area contributed by atoms with Crippen molar-refractivity contribution in [2.45, 2.75) is 38.8 Å². The molecule has 0 unspecified atom stereocenters. The number of ether oxygens (including phenoxy) is 2. The van der Waals surface area contributed by atoms with Crippen molar-refractivity contribution in [3.05, 3.63) is 23.8 Å². The van der Waals surface area contributed by atoms with Gasteiger partial charge in [-0.3, -0.25) is 4.79 Å². The smallest absolute Gasteiger partial charge is 0.220 e. The van der Waals surface area contributed by atoms with E-state index in [4.69, 9.17) is 15.2 Å². The Hall–Kier alpha value is -1.75. The highest BCUT2D eigenvalue weighted by Crippen LogP contribution is 2.29.